The van der Waals surface area contributed by atoms with Crippen molar-refractivity contribution in [3.63, 3.8) is 0 Å². The molecule has 0 fully saturated rings. The van der Waals surface area contributed by atoms with Gasteiger partial charge in [0.05, 0.1) is 24.2 Å². The molecule has 1 unspecified atom stereocenters. The number of carbonyl (C=O) groups excluding carboxylic acids is 1. The number of carbonyl (C=O) groups is 1. The lowest BCUT2D eigenvalue weighted by atomic mass is 10.1. The molecule has 1 atom stereocenters. The molecule has 4 rings (SSSR count). The Morgan fingerprint density at radius 1 is 1.22 bits per heavy atom. The Hall–Kier alpha value is -3.55. The number of nitrogens with two attached hydrogens (primary N) is 1. The van der Waals surface area contributed by atoms with Crippen LogP contribution < -0.4 is 15.8 Å². The zero-order valence-corrected chi connectivity index (χ0v) is 18.2. The van der Waals surface area contributed by atoms with E-state index in [2.05, 4.69) is 10.3 Å². The average molecular weight is 451 g/mol. The number of nitrogens with one attached hydrogen (secondary N) is 1. The smallest absolute Gasteiger partial charge is 0.237 e. The third-order valence-corrected chi connectivity index (χ3v) is 5.61. The molecule has 4 aromatic rings. The number of benzene rings is 3. The van der Waals surface area contributed by atoms with Crippen molar-refractivity contribution in [1.29, 1.82) is 0 Å². The standard InChI is InChI=1S/C24H23ClN4O3/c1-32-23-11-15(6-9-22(23)30)10-19(26)24(31)27-13-16-7-8-17(12-18(16)25)29-14-28-20-4-2-3-5-21(20)29/h2-9,11-12,14,19,30H,10,13,26H2,1H3,(H,27,31). The van der Waals surface area contributed by atoms with Crippen LogP contribution in [0.4, 0.5) is 0 Å². The Bertz CT molecular complexity index is 1270. The normalized spacial score (nSPS) is 12.0. The Morgan fingerprint density at radius 2 is 2.03 bits per heavy atom. The molecule has 7 nitrogen and oxygen atoms in total. The number of rotatable bonds is 7. The molecule has 0 aliphatic carbocycles. The van der Waals surface area contributed by atoms with Crippen molar-refractivity contribution in [2.24, 2.45) is 5.73 Å². The van der Waals surface area contributed by atoms with E-state index >= 15 is 0 Å². The molecule has 0 bridgehead atoms. The molecule has 3 aromatic carbocycles. The number of hydrogen-bond donors (Lipinski definition) is 3. The number of aromatic hydroxyl groups is 1. The lowest BCUT2D eigenvalue weighted by molar-refractivity contribution is -0.122. The van der Waals surface area contributed by atoms with E-state index in [-0.39, 0.29) is 18.2 Å². The largest absolute Gasteiger partial charge is 0.504 e. The van der Waals surface area contributed by atoms with Gasteiger partial charge >= 0.3 is 0 Å². The highest BCUT2D eigenvalue weighted by Crippen LogP contribution is 2.27. The van der Waals surface area contributed by atoms with Crippen LogP contribution in [0.2, 0.25) is 5.02 Å². The molecule has 8 heteroatoms. The Kier molecular flexibility index (Phi) is 6.30. The second kappa shape index (κ2) is 9.30. The molecule has 0 aliphatic heterocycles. The van der Waals surface area contributed by atoms with Crippen LogP contribution >= 0.6 is 11.6 Å². The third-order valence-electron chi connectivity index (χ3n) is 5.26. The number of nitrogens with zero attached hydrogens (tertiary/aromatic N) is 2. The first kappa shape index (κ1) is 21.7. The van der Waals surface area contributed by atoms with E-state index in [1.807, 2.05) is 47.0 Å². The summed E-state index contributed by atoms with van der Waals surface area (Å²) in [7, 11) is 1.47. The summed E-state index contributed by atoms with van der Waals surface area (Å²) >= 11 is 6.48. The molecule has 1 heterocycles. The van der Waals surface area contributed by atoms with Crippen LogP contribution in [-0.4, -0.2) is 33.7 Å². The first-order valence-electron chi connectivity index (χ1n) is 10.1. The van der Waals surface area contributed by atoms with Crippen molar-refractivity contribution in [3.8, 4) is 17.2 Å². The number of fused-ring (bicyclic) bond motifs is 1. The van der Waals surface area contributed by atoms with Crippen molar-refractivity contribution >= 4 is 28.5 Å². The average Bonchev–Trinajstić information content (AvgIpc) is 3.23. The van der Waals surface area contributed by atoms with Crippen LogP contribution in [0.25, 0.3) is 16.7 Å². The highest BCUT2D eigenvalue weighted by Gasteiger charge is 2.16. The maximum atomic E-state index is 12.5. The number of imidazole rings is 1. The molecule has 0 spiro atoms. The number of amides is 1. The van der Waals surface area contributed by atoms with Gasteiger partial charge in [-0.15, -0.1) is 0 Å². The van der Waals surface area contributed by atoms with E-state index in [9.17, 15) is 9.90 Å². The van der Waals surface area contributed by atoms with Crippen LogP contribution in [0.1, 0.15) is 11.1 Å². The van der Waals surface area contributed by atoms with E-state index < -0.39 is 6.04 Å². The van der Waals surface area contributed by atoms with E-state index in [1.165, 1.54) is 13.2 Å². The summed E-state index contributed by atoms with van der Waals surface area (Å²) in [5, 5.41) is 13.1. The second-order valence-electron chi connectivity index (χ2n) is 7.41. The summed E-state index contributed by atoms with van der Waals surface area (Å²) in [6.45, 7) is 0.259. The van der Waals surface area contributed by atoms with Crippen molar-refractivity contribution in [3.05, 3.63) is 83.1 Å². The molecule has 4 N–H and O–H groups in total. The van der Waals surface area contributed by atoms with Crippen LogP contribution in [0.15, 0.2) is 67.0 Å². The lowest BCUT2D eigenvalue weighted by Gasteiger charge is -2.14. The number of phenols is 1. The van der Waals surface area contributed by atoms with Crippen LogP contribution in [0.5, 0.6) is 11.5 Å². The number of para-hydroxylation sites is 2. The predicted molar refractivity (Wildman–Crippen MR) is 124 cm³/mol. The maximum absolute atomic E-state index is 12.5. The fourth-order valence-corrected chi connectivity index (χ4v) is 3.75. The number of aromatic nitrogens is 2. The first-order valence-corrected chi connectivity index (χ1v) is 10.4. The third kappa shape index (κ3) is 4.54. The van der Waals surface area contributed by atoms with Gasteiger partial charge in [0, 0.05) is 17.3 Å². The van der Waals surface area contributed by atoms with Crippen molar-refractivity contribution in [2.45, 2.75) is 19.0 Å². The lowest BCUT2D eigenvalue weighted by Crippen LogP contribution is -2.41. The molecular weight excluding hydrogens is 428 g/mol. The van der Waals surface area contributed by atoms with Crippen molar-refractivity contribution < 1.29 is 14.6 Å². The number of halogens is 1. The van der Waals surface area contributed by atoms with Crippen molar-refractivity contribution in [2.75, 3.05) is 7.11 Å². The highest BCUT2D eigenvalue weighted by atomic mass is 35.5. The number of hydrogen-bond acceptors (Lipinski definition) is 5. The van der Waals surface area contributed by atoms with Crippen LogP contribution in [-0.2, 0) is 17.8 Å². The fraction of sp³-hybridized carbons (Fsp3) is 0.167. The molecule has 1 amide bonds. The summed E-state index contributed by atoms with van der Waals surface area (Å²) in [6, 6.07) is 17.7. The predicted octanol–water partition coefficient (Wildman–Crippen LogP) is 3.58. The highest BCUT2D eigenvalue weighted by molar-refractivity contribution is 6.31. The Balaban J connectivity index is 1.40. The summed E-state index contributed by atoms with van der Waals surface area (Å²) in [6.07, 6.45) is 2.07. The molecule has 164 valence electrons. The number of phenolic OH excluding ortho intramolecular Hbond substituents is 1. The second-order valence-corrected chi connectivity index (χ2v) is 7.82. The van der Waals surface area contributed by atoms with E-state index in [1.54, 1.807) is 18.5 Å². The monoisotopic (exact) mass is 450 g/mol. The molecule has 0 saturated carbocycles. The van der Waals surface area contributed by atoms with Gasteiger partial charge in [0.15, 0.2) is 11.5 Å². The van der Waals surface area contributed by atoms with Gasteiger partial charge in [-0.3, -0.25) is 9.36 Å². The summed E-state index contributed by atoms with van der Waals surface area (Å²) < 4.78 is 7.06. The van der Waals surface area contributed by atoms with E-state index in [0.717, 1.165) is 27.8 Å². The van der Waals surface area contributed by atoms with Gasteiger partial charge in [-0.1, -0.05) is 35.9 Å². The van der Waals surface area contributed by atoms with Crippen LogP contribution in [0, 0.1) is 0 Å². The molecule has 1 aromatic heterocycles. The summed E-state index contributed by atoms with van der Waals surface area (Å²) in [5.41, 5.74) is 10.4. The minimum Gasteiger partial charge on any atom is -0.504 e. The topological polar surface area (TPSA) is 102 Å². The number of methoxy groups -OCH3 is 1. The summed E-state index contributed by atoms with van der Waals surface area (Å²) in [5.74, 6) is 0.0847. The molecule has 32 heavy (non-hydrogen) atoms. The Labute approximate surface area is 190 Å². The van der Waals surface area contributed by atoms with Crippen LogP contribution in [0.3, 0.4) is 0 Å². The van der Waals surface area contributed by atoms with Gasteiger partial charge in [0.25, 0.3) is 0 Å². The first-order chi connectivity index (χ1) is 15.5. The zero-order valence-electron chi connectivity index (χ0n) is 17.5. The SMILES string of the molecule is COc1cc(CC(N)C(=O)NCc2ccc(-n3cnc4ccccc43)cc2Cl)ccc1O. The molecule has 0 aliphatic rings. The Morgan fingerprint density at radius 3 is 2.81 bits per heavy atom. The maximum Gasteiger partial charge on any atom is 0.237 e. The van der Waals surface area contributed by atoms with Gasteiger partial charge in [0.2, 0.25) is 5.91 Å². The minimum atomic E-state index is -0.750. The van der Waals surface area contributed by atoms with Gasteiger partial charge in [-0.2, -0.15) is 0 Å². The van der Waals surface area contributed by atoms with E-state index in [4.69, 9.17) is 22.1 Å². The minimum absolute atomic E-state index is 0.0380. The molecule has 0 radical (unpaired) electrons. The summed E-state index contributed by atoms with van der Waals surface area (Å²) in [4.78, 5) is 16.9. The molecule has 0 saturated heterocycles. The zero-order chi connectivity index (χ0) is 22.7. The van der Waals surface area contributed by atoms with Gasteiger partial charge in [0.1, 0.15) is 6.33 Å². The van der Waals surface area contributed by atoms with Gasteiger partial charge < -0.3 is 20.9 Å². The van der Waals surface area contributed by atoms with Gasteiger partial charge in [-0.25, -0.2) is 4.98 Å². The molecular formula is C24H23ClN4O3. The van der Waals surface area contributed by atoms with Crippen molar-refractivity contribution in [1.82, 2.24) is 14.9 Å². The number of ether oxygens (including phenoxy) is 1. The quantitative estimate of drug-likeness (QED) is 0.399. The fourth-order valence-electron chi connectivity index (χ4n) is 3.50. The van der Waals surface area contributed by atoms with E-state index in [0.29, 0.717) is 17.2 Å². The van der Waals surface area contributed by atoms with Gasteiger partial charge in [-0.05, 0) is 53.9 Å².